The molecule has 2 rings (SSSR count). The van der Waals surface area contributed by atoms with Crippen LogP contribution >= 0.6 is 27.5 Å². The number of benzene rings is 2. The van der Waals surface area contributed by atoms with Gasteiger partial charge in [-0.15, -0.1) is 0 Å². The van der Waals surface area contributed by atoms with Crippen molar-refractivity contribution in [2.45, 2.75) is 12.3 Å². The normalized spacial score (nSPS) is 11.9. The summed E-state index contributed by atoms with van der Waals surface area (Å²) in [4.78, 5) is 12.1. The molecule has 2 nitrogen and oxygen atoms in total. The Balaban J connectivity index is 2.31. The smallest absolute Gasteiger partial charge is 0.313 e. The lowest BCUT2D eigenvalue weighted by atomic mass is 9.92. The van der Waals surface area contributed by atoms with E-state index in [2.05, 4.69) is 15.9 Å². The summed E-state index contributed by atoms with van der Waals surface area (Å²) in [6, 6.07) is 15.2. The van der Waals surface area contributed by atoms with E-state index in [9.17, 15) is 4.79 Å². The first-order chi connectivity index (χ1) is 9.61. The zero-order valence-corrected chi connectivity index (χ0v) is 13.3. The molecule has 0 N–H and O–H groups in total. The van der Waals surface area contributed by atoms with Crippen LogP contribution in [0.5, 0.6) is 0 Å². The van der Waals surface area contributed by atoms with Crippen LogP contribution in [0.2, 0.25) is 5.02 Å². The Hall–Kier alpha value is -1.32. The largest absolute Gasteiger partial charge is 0.469 e. The lowest BCUT2D eigenvalue weighted by molar-refractivity contribution is -0.142. The molecule has 0 fully saturated rings. The van der Waals surface area contributed by atoms with Crippen LogP contribution in [0.1, 0.15) is 17.0 Å². The minimum atomic E-state index is -0.336. The Bertz CT molecular complexity index is 596. The van der Waals surface area contributed by atoms with Crippen LogP contribution in [0.4, 0.5) is 0 Å². The van der Waals surface area contributed by atoms with Crippen LogP contribution in [0, 0.1) is 0 Å². The summed E-state index contributed by atoms with van der Waals surface area (Å²) in [6.45, 7) is 0. The Labute approximate surface area is 131 Å². The molecule has 0 radical (unpaired) electrons. The van der Waals surface area contributed by atoms with Crippen molar-refractivity contribution in [2.75, 3.05) is 7.11 Å². The van der Waals surface area contributed by atoms with Crippen molar-refractivity contribution in [3.8, 4) is 0 Å². The second-order valence-electron chi connectivity index (χ2n) is 4.43. The lowest BCUT2D eigenvalue weighted by Gasteiger charge is -2.16. The predicted octanol–water partition coefficient (Wildman–Crippen LogP) is 4.60. The molecule has 0 heterocycles. The molecule has 4 heteroatoms. The fourth-order valence-electron chi connectivity index (χ4n) is 2.08. The highest BCUT2D eigenvalue weighted by molar-refractivity contribution is 9.10. The van der Waals surface area contributed by atoms with Crippen molar-refractivity contribution in [3.05, 3.63) is 69.2 Å². The molecule has 2 aromatic rings. The number of esters is 1. The molecule has 0 saturated carbocycles. The van der Waals surface area contributed by atoms with E-state index < -0.39 is 0 Å². The summed E-state index contributed by atoms with van der Waals surface area (Å²) in [5, 5.41) is 0.684. The average Bonchev–Trinajstić information content (AvgIpc) is 2.47. The third kappa shape index (κ3) is 3.62. The second kappa shape index (κ2) is 6.91. The number of carbonyl (C=O) groups excluding carboxylic acids is 1. The van der Waals surface area contributed by atoms with Gasteiger partial charge in [-0.1, -0.05) is 57.9 Å². The Morgan fingerprint density at radius 2 is 1.85 bits per heavy atom. The summed E-state index contributed by atoms with van der Waals surface area (Å²) >= 11 is 9.37. The fraction of sp³-hybridized carbons (Fsp3) is 0.188. The van der Waals surface area contributed by atoms with Crippen molar-refractivity contribution in [1.82, 2.24) is 0 Å². The third-order valence-corrected chi connectivity index (χ3v) is 4.09. The van der Waals surface area contributed by atoms with E-state index in [1.54, 1.807) is 0 Å². The van der Waals surface area contributed by atoms with Gasteiger partial charge in [-0.3, -0.25) is 4.79 Å². The van der Waals surface area contributed by atoms with Crippen molar-refractivity contribution in [2.24, 2.45) is 0 Å². The van der Waals surface area contributed by atoms with Crippen LogP contribution in [-0.2, 0) is 16.0 Å². The minimum Gasteiger partial charge on any atom is -0.469 e. The molecule has 104 valence electrons. The molecule has 0 aliphatic heterocycles. The molecule has 1 atom stereocenters. The average molecular weight is 354 g/mol. The van der Waals surface area contributed by atoms with Gasteiger partial charge >= 0.3 is 5.97 Å². The van der Waals surface area contributed by atoms with Crippen molar-refractivity contribution < 1.29 is 9.53 Å². The van der Waals surface area contributed by atoms with Gasteiger partial charge in [0.2, 0.25) is 0 Å². The highest BCUT2D eigenvalue weighted by atomic mass is 79.9. The summed E-state index contributed by atoms with van der Waals surface area (Å²) < 4.78 is 5.84. The first kappa shape index (κ1) is 15.1. The van der Waals surface area contributed by atoms with E-state index in [0.717, 1.165) is 15.6 Å². The Morgan fingerprint density at radius 1 is 1.20 bits per heavy atom. The van der Waals surface area contributed by atoms with E-state index in [0.29, 0.717) is 11.4 Å². The molecule has 0 amide bonds. The van der Waals surface area contributed by atoms with Gasteiger partial charge in [-0.2, -0.15) is 0 Å². The quantitative estimate of drug-likeness (QED) is 0.751. The molecule has 0 aliphatic carbocycles. The summed E-state index contributed by atoms with van der Waals surface area (Å²) in [7, 11) is 1.41. The summed E-state index contributed by atoms with van der Waals surface area (Å²) in [6.07, 6.45) is 0.576. The van der Waals surface area contributed by atoms with Crippen LogP contribution in [0.25, 0.3) is 0 Å². The fourth-order valence-corrected chi connectivity index (χ4v) is 2.76. The Morgan fingerprint density at radius 3 is 2.45 bits per heavy atom. The van der Waals surface area contributed by atoms with E-state index >= 15 is 0 Å². The SMILES string of the molecule is COC(=O)[C@H](Cc1ccc(Cl)cc1)c1ccccc1Br. The molecule has 0 spiro atoms. The standard InChI is InChI=1S/C16H14BrClO2/c1-20-16(19)14(13-4-2-3-5-15(13)17)10-11-6-8-12(18)9-7-11/h2-9,14H,10H2,1H3/t14-/m1/s1. The Kier molecular flexibility index (Phi) is 5.21. The molecule has 0 saturated heterocycles. The van der Waals surface area contributed by atoms with Gasteiger partial charge in [-0.05, 0) is 35.7 Å². The predicted molar refractivity (Wildman–Crippen MR) is 84.1 cm³/mol. The molecular weight excluding hydrogens is 340 g/mol. The number of hydrogen-bond donors (Lipinski definition) is 0. The number of halogens is 2. The topological polar surface area (TPSA) is 26.3 Å². The van der Waals surface area contributed by atoms with E-state index in [1.807, 2.05) is 48.5 Å². The van der Waals surface area contributed by atoms with Gasteiger partial charge < -0.3 is 4.74 Å². The molecule has 0 unspecified atom stereocenters. The number of carbonyl (C=O) groups is 1. The third-order valence-electron chi connectivity index (χ3n) is 3.12. The summed E-state index contributed by atoms with van der Waals surface area (Å²) in [5.41, 5.74) is 1.97. The van der Waals surface area contributed by atoms with E-state index in [-0.39, 0.29) is 11.9 Å². The van der Waals surface area contributed by atoms with Crippen molar-refractivity contribution in [3.63, 3.8) is 0 Å². The molecule has 0 bridgehead atoms. The number of ether oxygens (including phenoxy) is 1. The van der Waals surface area contributed by atoms with Crippen LogP contribution in [0.3, 0.4) is 0 Å². The molecule has 0 aromatic heterocycles. The van der Waals surface area contributed by atoms with E-state index in [4.69, 9.17) is 16.3 Å². The molecule has 20 heavy (non-hydrogen) atoms. The number of hydrogen-bond acceptors (Lipinski definition) is 2. The van der Waals surface area contributed by atoms with Gasteiger partial charge in [0.05, 0.1) is 13.0 Å². The van der Waals surface area contributed by atoms with E-state index in [1.165, 1.54) is 7.11 Å². The zero-order chi connectivity index (χ0) is 14.5. The minimum absolute atomic E-state index is 0.244. The second-order valence-corrected chi connectivity index (χ2v) is 5.72. The van der Waals surface area contributed by atoms with Crippen LogP contribution in [0.15, 0.2) is 53.0 Å². The van der Waals surface area contributed by atoms with Gasteiger partial charge in [0, 0.05) is 9.50 Å². The molecule has 2 aromatic carbocycles. The van der Waals surface area contributed by atoms with Gasteiger partial charge in [0.15, 0.2) is 0 Å². The maximum absolute atomic E-state index is 12.1. The first-order valence-electron chi connectivity index (χ1n) is 6.18. The maximum Gasteiger partial charge on any atom is 0.313 e. The van der Waals surface area contributed by atoms with Gasteiger partial charge in [-0.25, -0.2) is 0 Å². The lowest BCUT2D eigenvalue weighted by Crippen LogP contribution is -2.17. The summed E-state index contributed by atoms with van der Waals surface area (Å²) in [5.74, 6) is -0.580. The monoisotopic (exact) mass is 352 g/mol. The van der Waals surface area contributed by atoms with Gasteiger partial charge in [0.25, 0.3) is 0 Å². The van der Waals surface area contributed by atoms with Crippen molar-refractivity contribution >= 4 is 33.5 Å². The number of rotatable bonds is 4. The van der Waals surface area contributed by atoms with Gasteiger partial charge in [0.1, 0.15) is 0 Å². The highest BCUT2D eigenvalue weighted by Gasteiger charge is 2.23. The number of methoxy groups -OCH3 is 1. The molecule has 0 aliphatic rings. The van der Waals surface area contributed by atoms with Crippen molar-refractivity contribution in [1.29, 1.82) is 0 Å². The van der Waals surface area contributed by atoms with Crippen LogP contribution < -0.4 is 0 Å². The highest BCUT2D eigenvalue weighted by Crippen LogP contribution is 2.29. The first-order valence-corrected chi connectivity index (χ1v) is 7.35. The molecular formula is C16H14BrClO2. The van der Waals surface area contributed by atoms with Crippen LogP contribution in [-0.4, -0.2) is 13.1 Å². The maximum atomic E-state index is 12.1. The zero-order valence-electron chi connectivity index (χ0n) is 11.0.